The zero-order valence-electron chi connectivity index (χ0n) is 13.1. The average molecular weight is 306 g/mol. The number of halogens is 1. The topological polar surface area (TPSA) is 49.4 Å². The van der Waals surface area contributed by atoms with Crippen LogP contribution in [0, 0.1) is 11.7 Å². The van der Waals surface area contributed by atoms with Crippen molar-refractivity contribution in [2.75, 3.05) is 13.1 Å². The summed E-state index contributed by atoms with van der Waals surface area (Å²) in [6, 6.07) is 4.83. The van der Waals surface area contributed by atoms with Gasteiger partial charge in [0.1, 0.15) is 11.9 Å². The van der Waals surface area contributed by atoms with Crippen LogP contribution in [-0.2, 0) is 4.79 Å². The molecule has 2 amide bonds. The van der Waals surface area contributed by atoms with Gasteiger partial charge in [-0.1, -0.05) is 13.8 Å². The zero-order valence-corrected chi connectivity index (χ0v) is 13.1. The number of rotatable bonds is 5. The summed E-state index contributed by atoms with van der Waals surface area (Å²) in [7, 11) is 0. The van der Waals surface area contributed by atoms with Crippen molar-refractivity contribution in [3.8, 4) is 0 Å². The molecule has 22 heavy (non-hydrogen) atoms. The molecule has 1 aromatic carbocycles. The zero-order chi connectivity index (χ0) is 16.1. The van der Waals surface area contributed by atoms with Crippen molar-refractivity contribution in [1.29, 1.82) is 0 Å². The first-order valence-electron chi connectivity index (χ1n) is 7.82. The maximum Gasteiger partial charge on any atom is 0.251 e. The summed E-state index contributed by atoms with van der Waals surface area (Å²) in [5.74, 6) is -0.437. The molecule has 0 spiro atoms. The number of nitrogens with one attached hydrogen (secondary N) is 1. The Morgan fingerprint density at radius 1 is 1.18 bits per heavy atom. The molecule has 2 rings (SSSR count). The molecule has 4 nitrogen and oxygen atoms in total. The Hall–Kier alpha value is -1.91. The number of hydrogen-bond acceptors (Lipinski definition) is 2. The minimum atomic E-state index is -0.518. The third-order valence-corrected chi connectivity index (χ3v) is 3.83. The molecule has 1 N–H and O–H groups in total. The van der Waals surface area contributed by atoms with Gasteiger partial charge in [0.25, 0.3) is 5.91 Å². The standard InChI is InChI=1S/C17H23FN2O2/c1-12(2)11-15(17(22)20-9-3-4-10-20)19-16(21)13-5-7-14(18)8-6-13/h5-8,12,15H,3-4,9-11H2,1-2H3,(H,19,21)/t15-/m1/s1. The van der Waals surface area contributed by atoms with E-state index in [1.165, 1.54) is 24.3 Å². The lowest BCUT2D eigenvalue weighted by Crippen LogP contribution is -2.48. The molecule has 0 saturated carbocycles. The molecule has 0 radical (unpaired) electrons. The van der Waals surface area contributed by atoms with Gasteiger partial charge >= 0.3 is 0 Å². The van der Waals surface area contributed by atoms with Crippen molar-refractivity contribution in [2.24, 2.45) is 5.92 Å². The number of amides is 2. The van der Waals surface area contributed by atoms with Crippen molar-refractivity contribution in [2.45, 2.75) is 39.2 Å². The number of carbonyl (C=O) groups is 2. The van der Waals surface area contributed by atoms with Crippen LogP contribution in [0.2, 0.25) is 0 Å². The Kier molecular flexibility index (Phi) is 5.52. The lowest BCUT2D eigenvalue weighted by atomic mass is 10.0. The number of likely N-dealkylation sites (tertiary alicyclic amines) is 1. The Morgan fingerprint density at radius 2 is 1.77 bits per heavy atom. The highest BCUT2D eigenvalue weighted by atomic mass is 19.1. The predicted molar refractivity (Wildman–Crippen MR) is 82.9 cm³/mol. The summed E-state index contributed by atoms with van der Waals surface area (Å²) in [4.78, 5) is 26.6. The van der Waals surface area contributed by atoms with E-state index in [1.54, 1.807) is 0 Å². The van der Waals surface area contributed by atoms with Crippen LogP contribution in [0.25, 0.3) is 0 Å². The highest BCUT2D eigenvalue weighted by Gasteiger charge is 2.28. The quantitative estimate of drug-likeness (QED) is 0.909. The van der Waals surface area contributed by atoms with Gasteiger partial charge < -0.3 is 10.2 Å². The minimum Gasteiger partial charge on any atom is -0.341 e. The van der Waals surface area contributed by atoms with Crippen LogP contribution in [0.4, 0.5) is 4.39 Å². The molecule has 1 atom stereocenters. The van der Waals surface area contributed by atoms with Crippen LogP contribution in [0.15, 0.2) is 24.3 Å². The second-order valence-electron chi connectivity index (χ2n) is 6.19. The van der Waals surface area contributed by atoms with Gasteiger partial charge in [0.2, 0.25) is 5.91 Å². The van der Waals surface area contributed by atoms with Gasteiger partial charge in [-0.25, -0.2) is 4.39 Å². The first kappa shape index (κ1) is 16.5. The van der Waals surface area contributed by atoms with E-state index >= 15 is 0 Å². The van der Waals surface area contributed by atoms with Crippen LogP contribution < -0.4 is 5.32 Å². The van der Waals surface area contributed by atoms with Crippen LogP contribution in [0.1, 0.15) is 43.5 Å². The molecule has 1 aliphatic heterocycles. The highest BCUT2D eigenvalue weighted by Crippen LogP contribution is 2.14. The summed E-state index contributed by atoms with van der Waals surface area (Å²) >= 11 is 0. The van der Waals surface area contributed by atoms with Gasteiger partial charge in [0.05, 0.1) is 0 Å². The summed E-state index contributed by atoms with van der Waals surface area (Å²) in [6.45, 7) is 5.57. The molecule has 1 aliphatic rings. The van der Waals surface area contributed by atoms with E-state index in [2.05, 4.69) is 5.32 Å². The fraction of sp³-hybridized carbons (Fsp3) is 0.529. The molecule has 0 unspecified atom stereocenters. The summed E-state index contributed by atoms with van der Waals surface area (Å²) in [5, 5.41) is 2.81. The van der Waals surface area contributed by atoms with Crippen LogP contribution >= 0.6 is 0 Å². The number of hydrogen-bond donors (Lipinski definition) is 1. The summed E-state index contributed by atoms with van der Waals surface area (Å²) in [6.07, 6.45) is 2.64. The number of benzene rings is 1. The maximum atomic E-state index is 12.9. The van der Waals surface area contributed by atoms with Gasteiger partial charge in [-0.05, 0) is 49.4 Å². The fourth-order valence-corrected chi connectivity index (χ4v) is 2.69. The summed E-state index contributed by atoms with van der Waals surface area (Å²) in [5.41, 5.74) is 0.365. The lowest BCUT2D eigenvalue weighted by molar-refractivity contribution is -0.132. The van der Waals surface area contributed by atoms with E-state index in [0.717, 1.165) is 25.9 Å². The minimum absolute atomic E-state index is 0.0124. The van der Waals surface area contributed by atoms with Gasteiger partial charge in [-0.3, -0.25) is 9.59 Å². The van der Waals surface area contributed by atoms with Crippen molar-refractivity contribution >= 4 is 11.8 Å². The molecule has 120 valence electrons. The van der Waals surface area contributed by atoms with E-state index in [4.69, 9.17) is 0 Å². The van der Waals surface area contributed by atoms with Crippen LogP contribution in [0.5, 0.6) is 0 Å². The highest BCUT2D eigenvalue weighted by molar-refractivity contribution is 5.97. The second kappa shape index (κ2) is 7.38. The Bertz CT molecular complexity index is 522. The van der Waals surface area contributed by atoms with Crippen molar-refractivity contribution in [1.82, 2.24) is 10.2 Å². The molecule has 1 saturated heterocycles. The Morgan fingerprint density at radius 3 is 2.32 bits per heavy atom. The normalized spacial score (nSPS) is 15.9. The molecule has 1 heterocycles. The first-order valence-corrected chi connectivity index (χ1v) is 7.82. The third-order valence-electron chi connectivity index (χ3n) is 3.83. The third kappa shape index (κ3) is 4.29. The monoisotopic (exact) mass is 306 g/mol. The average Bonchev–Trinajstić information content (AvgIpc) is 3.00. The Labute approximate surface area is 130 Å². The van der Waals surface area contributed by atoms with Crippen molar-refractivity contribution in [3.63, 3.8) is 0 Å². The predicted octanol–water partition coefficient (Wildman–Crippen LogP) is 2.59. The number of carbonyl (C=O) groups excluding carboxylic acids is 2. The summed E-state index contributed by atoms with van der Waals surface area (Å²) < 4.78 is 12.9. The molecule has 0 bridgehead atoms. The number of nitrogens with zero attached hydrogens (tertiary/aromatic N) is 1. The molecule has 0 aromatic heterocycles. The molecule has 0 aliphatic carbocycles. The van der Waals surface area contributed by atoms with E-state index in [1.807, 2.05) is 18.7 Å². The van der Waals surface area contributed by atoms with Gasteiger partial charge in [-0.15, -0.1) is 0 Å². The van der Waals surface area contributed by atoms with Crippen LogP contribution in [0.3, 0.4) is 0 Å². The van der Waals surface area contributed by atoms with Gasteiger partial charge in [-0.2, -0.15) is 0 Å². The maximum absolute atomic E-state index is 12.9. The lowest BCUT2D eigenvalue weighted by Gasteiger charge is -2.25. The van der Waals surface area contributed by atoms with E-state index in [0.29, 0.717) is 17.9 Å². The molecular weight excluding hydrogens is 283 g/mol. The first-order chi connectivity index (χ1) is 10.5. The fourth-order valence-electron chi connectivity index (χ4n) is 2.69. The molecule has 1 fully saturated rings. The Balaban J connectivity index is 2.06. The molecule has 1 aromatic rings. The van der Waals surface area contributed by atoms with Crippen molar-refractivity contribution in [3.05, 3.63) is 35.6 Å². The van der Waals surface area contributed by atoms with Gasteiger partial charge in [0, 0.05) is 18.7 Å². The van der Waals surface area contributed by atoms with E-state index in [9.17, 15) is 14.0 Å². The smallest absolute Gasteiger partial charge is 0.251 e. The van der Waals surface area contributed by atoms with E-state index < -0.39 is 6.04 Å². The SMILES string of the molecule is CC(C)C[C@@H](NC(=O)c1ccc(F)cc1)C(=O)N1CCCC1. The molecular formula is C17H23FN2O2. The largest absolute Gasteiger partial charge is 0.341 e. The van der Waals surface area contributed by atoms with Gasteiger partial charge in [0.15, 0.2) is 0 Å². The van der Waals surface area contributed by atoms with Crippen LogP contribution in [-0.4, -0.2) is 35.8 Å². The molecule has 5 heteroatoms. The van der Waals surface area contributed by atoms with E-state index in [-0.39, 0.29) is 17.6 Å². The van der Waals surface area contributed by atoms with Crippen molar-refractivity contribution < 1.29 is 14.0 Å². The second-order valence-corrected chi connectivity index (χ2v) is 6.19.